The number of anilines is 1. The minimum Gasteiger partial charge on any atom is -0.495 e. The first kappa shape index (κ1) is 15.2. The zero-order valence-corrected chi connectivity index (χ0v) is 13.1. The van der Waals surface area contributed by atoms with Crippen LogP contribution in [0.2, 0.25) is 5.02 Å². The number of benzene rings is 2. The third kappa shape index (κ3) is 3.24. The zero-order chi connectivity index (χ0) is 16.4. The molecule has 1 heterocycles. The van der Waals surface area contributed by atoms with Gasteiger partial charge in [0.25, 0.3) is 0 Å². The highest BCUT2D eigenvalue weighted by atomic mass is 35.5. The van der Waals surface area contributed by atoms with Gasteiger partial charge in [0.15, 0.2) is 0 Å². The molecule has 1 aromatic heterocycles. The van der Waals surface area contributed by atoms with E-state index in [9.17, 15) is 4.79 Å². The summed E-state index contributed by atoms with van der Waals surface area (Å²) < 4.78 is 10.4. The summed E-state index contributed by atoms with van der Waals surface area (Å²) in [6.07, 6.45) is 0. The fourth-order valence-corrected chi connectivity index (χ4v) is 2.53. The fourth-order valence-electron chi connectivity index (χ4n) is 2.27. The minimum absolute atomic E-state index is 0.0629. The molecule has 0 radical (unpaired) electrons. The summed E-state index contributed by atoms with van der Waals surface area (Å²) in [5, 5.41) is 13.5. The topological polar surface area (TPSA) is 71.7 Å². The van der Waals surface area contributed by atoms with Crippen molar-refractivity contribution in [3.05, 3.63) is 58.8 Å². The number of hydrogen-bond donors (Lipinski definition) is 2. The van der Waals surface area contributed by atoms with Crippen LogP contribution in [0.3, 0.4) is 0 Å². The van der Waals surface area contributed by atoms with Crippen LogP contribution in [0.5, 0.6) is 5.75 Å². The van der Waals surface area contributed by atoms with Crippen LogP contribution in [0, 0.1) is 0 Å². The maximum Gasteiger partial charge on any atom is 0.371 e. The van der Waals surface area contributed by atoms with Crippen LogP contribution >= 0.6 is 11.6 Å². The first-order valence-corrected chi connectivity index (χ1v) is 7.28. The molecule has 0 saturated heterocycles. The van der Waals surface area contributed by atoms with Gasteiger partial charge in [-0.15, -0.1) is 0 Å². The van der Waals surface area contributed by atoms with Gasteiger partial charge in [-0.05, 0) is 35.9 Å². The number of nitrogens with one attached hydrogen (secondary N) is 1. The highest BCUT2D eigenvalue weighted by Gasteiger charge is 2.10. The van der Waals surface area contributed by atoms with Crippen LogP contribution in [0.4, 0.5) is 5.69 Å². The molecule has 6 heteroatoms. The molecule has 0 spiro atoms. The van der Waals surface area contributed by atoms with E-state index in [1.807, 2.05) is 24.3 Å². The van der Waals surface area contributed by atoms with Crippen LogP contribution in [-0.4, -0.2) is 18.2 Å². The second-order valence-corrected chi connectivity index (χ2v) is 5.40. The number of carboxylic acids is 1. The molecule has 5 nitrogen and oxygen atoms in total. The van der Waals surface area contributed by atoms with E-state index in [2.05, 4.69) is 5.32 Å². The third-order valence-electron chi connectivity index (χ3n) is 3.44. The average Bonchev–Trinajstić information content (AvgIpc) is 2.96. The highest BCUT2D eigenvalue weighted by molar-refractivity contribution is 6.32. The molecule has 0 bridgehead atoms. The van der Waals surface area contributed by atoms with E-state index in [1.54, 1.807) is 19.2 Å². The summed E-state index contributed by atoms with van der Waals surface area (Å²) in [4.78, 5) is 10.9. The zero-order valence-electron chi connectivity index (χ0n) is 12.3. The molecule has 0 aliphatic carbocycles. The predicted octanol–water partition coefficient (Wildman–Crippen LogP) is 4.41. The molecule has 0 atom stereocenters. The Hall–Kier alpha value is -2.66. The number of carbonyl (C=O) groups is 1. The third-order valence-corrected chi connectivity index (χ3v) is 3.74. The van der Waals surface area contributed by atoms with Crippen molar-refractivity contribution in [2.24, 2.45) is 0 Å². The molecule has 0 aliphatic rings. The molecular formula is C17H14ClNO4. The van der Waals surface area contributed by atoms with Gasteiger partial charge in [0.05, 0.1) is 12.1 Å². The predicted molar refractivity (Wildman–Crippen MR) is 88.5 cm³/mol. The maximum absolute atomic E-state index is 10.9. The van der Waals surface area contributed by atoms with E-state index in [4.69, 9.17) is 25.9 Å². The number of carboxylic acid groups (broad SMARTS) is 1. The van der Waals surface area contributed by atoms with Crippen molar-refractivity contribution in [1.82, 2.24) is 0 Å². The van der Waals surface area contributed by atoms with Crippen LogP contribution in [0.25, 0.3) is 11.0 Å². The van der Waals surface area contributed by atoms with Crippen molar-refractivity contribution in [3.63, 3.8) is 0 Å². The van der Waals surface area contributed by atoms with Gasteiger partial charge < -0.3 is 19.6 Å². The Labute approximate surface area is 137 Å². The Morgan fingerprint density at radius 3 is 2.78 bits per heavy atom. The SMILES string of the molecule is COc1ccc(NCc2ccc3cc(C(=O)O)oc3c2)cc1Cl. The summed E-state index contributed by atoms with van der Waals surface area (Å²) in [6, 6.07) is 12.5. The normalized spacial score (nSPS) is 10.7. The maximum atomic E-state index is 10.9. The van der Waals surface area contributed by atoms with E-state index < -0.39 is 5.97 Å². The second kappa shape index (κ2) is 6.22. The summed E-state index contributed by atoms with van der Waals surface area (Å²) in [5.41, 5.74) is 2.38. The lowest BCUT2D eigenvalue weighted by atomic mass is 10.1. The molecule has 3 aromatic rings. The minimum atomic E-state index is -1.08. The molecule has 2 N–H and O–H groups in total. The average molecular weight is 332 g/mol. The summed E-state index contributed by atoms with van der Waals surface area (Å²) in [5.74, 6) is -0.517. The Balaban J connectivity index is 1.76. The van der Waals surface area contributed by atoms with Gasteiger partial charge >= 0.3 is 5.97 Å². The molecule has 3 rings (SSSR count). The molecule has 0 amide bonds. The van der Waals surface area contributed by atoms with E-state index in [-0.39, 0.29) is 5.76 Å². The standard InChI is InChI=1S/C17H14ClNO4/c1-22-14-5-4-12(8-13(14)18)19-9-10-2-3-11-7-16(17(20)21)23-15(11)6-10/h2-8,19H,9H2,1H3,(H,20,21). The van der Waals surface area contributed by atoms with Gasteiger partial charge in [-0.3, -0.25) is 0 Å². The highest BCUT2D eigenvalue weighted by Crippen LogP contribution is 2.27. The lowest BCUT2D eigenvalue weighted by Gasteiger charge is -2.09. The number of furan rings is 1. The van der Waals surface area contributed by atoms with Crippen LogP contribution in [-0.2, 0) is 6.54 Å². The molecule has 118 valence electrons. The van der Waals surface area contributed by atoms with Crippen LogP contribution in [0.1, 0.15) is 16.1 Å². The van der Waals surface area contributed by atoms with Crippen molar-refractivity contribution >= 4 is 34.2 Å². The first-order chi connectivity index (χ1) is 11.1. The van der Waals surface area contributed by atoms with Gasteiger partial charge in [-0.25, -0.2) is 4.79 Å². The lowest BCUT2D eigenvalue weighted by Crippen LogP contribution is -1.99. The molecule has 0 unspecified atom stereocenters. The largest absolute Gasteiger partial charge is 0.495 e. The van der Waals surface area contributed by atoms with Gasteiger partial charge in [0.2, 0.25) is 5.76 Å². The number of aromatic carboxylic acids is 1. The van der Waals surface area contributed by atoms with E-state index in [0.717, 1.165) is 16.6 Å². The van der Waals surface area contributed by atoms with Crippen molar-refractivity contribution in [2.75, 3.05) is 12.4 Å². The Morgan fingerprint density at radius 2 is 2.09 bits per heavy atom. The smallest absolute Gasteiger partial charge is 0.371 e. The van der Waals surface area contributed by atoms with Gasteiger partial charge in [0.1, 0.15) is 11.3 Å². The fraction of sp³-hybridized carbons (Fsp3) is 0.118. The van der Waals surface area contributed by atoms with E-state index in [1.165, 1.54) is 6.07 Å². The monoisotopic (exact) mass is 331 g/mol. The number of ether oxygens (including phenoxy) is 1. The molecule has 0 fully saturated rings. The number of rotatable bonds is 5. The summed E-state index contributed by atoms with van der Waals surface area (Å²) in [7, 11) is 1.57. The molecule has 2 aromatic carbocycles. The number of hydrogen-bond acceptors (Lipinski definition) is 4. The number of methoxy groups -OCH3 is 1. The number of halogens is 1. The van der Waals surface area contributed by atoms with Crippen molar-refractivity contribution in [3.8, 4) is 5.75 Å². The van der Waals surface area contributed by atoms with Gasteiger partial charge in [-0.1, -0.05) is 23.7 Å². The Morgan fingerprint density at radius 1 is 1.26 bits per heavy atom. The molecular weight excluding hydrogens is 318 g/mol. The molecule has 0 aliphatic heterocycles. The molecule has 0 saturated carbocycles. The number of fused-ring (bicyclic) bond motifs is 1. The summed E-state index contributed by atoms with van der Waals surface area (Å²) >= 11 is 6.09. The quantitative estimate of drug-likeness (QED) is 0.724. The van der Waals surface area contributed by atoms with Gasteiger partial charge in [-0.2, -0.15) is 0 Å². The van der Waals surface area contributed by atoms with Crippen LogP contribution in [0.15, 0.2) is 46.9 Å². The van der Waals surface area contributed by atoms with E-state index >= 15 is 0 Å². The van der Waals surface area contributed by atoms with Crippen LogP contribution < -0.4 is 10.1 Å². The van der Waals surface area contributed by atoms with Gasteiger partial charge in [0, 0.05) is 17.6 Å². The lowest BCUT2D eigenvalue weighted by molar-refractivity contribution is 0.0665. The van der Waals surface area contributed by atoms with Crippen molar-refractivity contribution < 1.29 is 19.1 Å². The Bertz CT molecular complexity index is 872. The first-order valence-electron chi connectivity index (χ1n) is 6.90. The van der Waals surface area contributed by atoms with E-state index in [0.29, 0.717) is 22.9 Å². The van der Waals surface area contributed by atoms with Crippen molar-refractivity contribution in [2.45, 2.75) is 6.54 Å². The molecule has 23 heavy (non-hydrogen) atoms. The summed E-state index contributed by atoms with van der Waals surface area (Å²) in [6.45, 7) is 0.557. The second-order valence-electron chi connectivity index (χ2n) is 4.99. The Kier molecular flexibility index (Phi) is 4.12. The van der Waals surface area contributed by atoms with Crippen molar-refractivity contribution in [1.29, 1.82) is 0 Å².